The van der Waals surface area contributed by atoms with Gasteiger partial charge in [0.25, 0.3) is 11.5 Å². The molecule has 0 radical (unpaired) electrons. The Morgan fingerprint density at radius 2 is 1.88 bits per heavy atom. The van der Waals surface area contributed by atoms with E-state index in [4.69, 9.17) is 12.2 Å². The fourth-order valence-electron chi connectivity index (χ4n) is 4.42. The summed E-state index contributed by atoms with van der Waals surface area (Å²) < 4.78 is 2.27. The summed E-state index contributed by atoms with van der Waals surface area (Å²) in [5.74, 6) is 1.09. The number of piperidine rings is 1. The number of aryl methyl sites for hydroxylation is 1. The van der Waals surface area contributed by atoms with Gasteiger partial charge < -0.3 is 9.47 Å². The second-order valence-electron chi connectivity index (χ2n) is 9.33. The summed E-state index contributed by atoms with van der Waals surface area (Å²) in [4.78, 5) is 31.2. The number of rotatable bonds is 5. The molecule has 4 rings (SSSR count). The number of thioether (sulfide) groups is 1. The van der Waals surface area contributed by atoms with Gasteiger partial charge in [0.2, 0.25) is 0 Å². The van der Waals surface area contributed by atoms with E-state index < -0.39 is 0 Å². The number of anilines is 1. The van der Waals surface area contributed by atoms with E-state index in [1.165, 1.54) is 11.8 Å². The minimum absolute atomic E-state index is 0.0789. The van der Waals surface area contributed by atoms with Gasteiger partial charge in [-0.15, -0.1) is 0 Å². The molecule has 3 heterocycles. The number of pyridine rings is 1. The molecule has 2 fully saturated rings. The van der Waals surface area contributed by atoms with Gasteiger partial charge in [0.05, 0.1) is 21.7 Å². The zero-order valence-electron chi connectivity index (χ0n) is 19.3. The van der Waals surface area contributed by atoms with Crippen LogP contribution in [0.15, 0.2) is 34.0 Å². The Balaban J connectivity index is 1.83. The lowest BCUT2D eigenvalue weighted by Crippen LogP contribution is -2.35. The average molecular weight is 470 g/mol. The highest BCUT2D eigenvalue weighted by atomic mass is 32.2. The Labute approximate surface area is 199 Å². The zero-order chi connectivity index (χ0) is 23.0. The number of carbonyl (C=O) groups excluding carboxylic acids is 1. The predicted molar refractivity (Wildman–Crippen MR) is 139 cm³/mol. The molecule has 1 amide bonds. The summed E-state index contributed by atoms with van der Waals surface area (Å²) in [6.45, 7) is 8.99. The van der Waals surface area contributed by atoms with E-state index in [0.29, 0.717) is 33.2 Å². The van der Waals surface area contributed by atoms with E-state index in [1.54, 1.807) is 22.6 Å². The molecule has 0 unspecified atom stereocenters. The zero-order valence-corrected chi connectivity index (χ0v) is 20.9. The summed E-state index contributed by atoms with van der Waals surface area (Å²) in [6, 6.07) is 8.04. The highest BCUT2D eigenvalue weighted by Gasteiger charge is 2.33. The summed E-state index contributed by atoms with van der Waals surface area (Å²) in [6.07, 6.45) is 4.88. The molecule has 32 heavy (non-hydrogen) atoms. The first-order valence-corrected chi connectivity index (χ1v) is 12.6. The molecule has 0 aliphatic carbocycles. The molecule has 2 saturated heterocycles. The van der Waals surface area contributed by atoms with E-state index in [9.17, 15) is 9.59 Å². The number of nitrogens with zero attached hydrogens (tertiary/aromatic N) is 3. The van der Waals surface area contributed by atoms with E-state index >= 15 is 0 Å². The lowest BCUT2D eigenvalue weighted by molar-refractivity contribution is -0.122. The van der Waals surface area contributed by atoms with Crippen LogP contribution >= 0.6 is 24.0 Å². The Kier molecular flexibility index (Phi) is 6.77. The van der Waals surface area contributed by atoms with E-state index in [-0.39, 0.29) is 11.5 Å². The average Bonchev–Trinajstić information content (AvgIpc) is 3.04. The maximum Gasteiger partial charge on any atom is 0.266 e. The Hall–Kier alpha value is -2.12. The fourth-order valence-corrected chi connectivity index (χ4v) is 5.71. The molecule has 7 heteroatoms. The van der Waals surface area contributed by atoms with Crippen LogP contribution in [0.3, 0.4) is 0 Å². The summed E-state index contributed by atoms with van der Waals surface area (Å²) in [5.41, 5.74) is 2.37. The van der Waals surface area contributed by atoms with Crippen molar-refractivity contribution < 1.29 is 4.79 Å². The third-order valence-electron chi connectivity index (χ3n) is 6.49. The standard InChI is InChI=1S/C25H31N3O2S2/c1-16(2)9-14-28-24(30)21(32-25(28)31)15-19-22(27-12-10-17(3)11-13-27)18-7-5-6-8-20(18)26(4)23(19)29/h5-8,15-17H,9-14H2,1-4H3. The van der Waals surface area contributed by atoms with E-state index in [2.05, 4.69) is 31.7 Å². The first-order valence-electron chi connectivity index (χ1n) is 11.4. The van der Waals surface area contributed by atoms with E-state index in [0.717, 1.165) is 48.9 Å². The largest absolute Gasteiger partial charge is 0.370 e. The molecule has 1 aromatic heterocycles. The van der Waals surface area contributed by atoms with Crippen LogP contribution in [0.1, 0.15) is 45.6 Å². The van der Waals surface area contributed by atoms with E-state index in [1.807, 2.05) is 18.2 Å². The molecule has 0 spiro atoms. The predicted octanol–water partition coefficient (Wildman–Crippen LogP) is 5.02. The van der Waals surface area contributed by atoms with Crippen LogP contribution in [0.4, 0.5) is 5.69 Å². The molecule has 1 aromatic carbocycles. The molecule has 2 aromatic rings. The first-order chi connectivity index (χ1) is 15.3. The highest BCUT2D eigenvalue weighted by Crippen LogP contribution is 2.37. The molecule has 5 nitrogen and oxygen atoms in total. The van der Waals surface area contributed by atoms with Gasteiger partial charge in [-0.25, -0.2) is 0 Å². The normalized spacial score (nSPS) is 19.2. The van der Waals surface area contributed by atoms with Gasteiger partial charge in [-0.1, -0.05) is 63.0 Å². The number of amides is 1. The summed E-state index contributed by atoms with van der Waals surface area (Å²) in [5, 5.41) is 1.05. The van der Waals surface area contributed by atoms with Crippen LogP contribution in [0, 0.1) is 11.8 Å². The summed E-state index contributed by atoms with van der Waals surface area (Å²) >= 11 is 6.81. The van der Waals surface area contributed by atoms with Crippen molar-refractivity contribution in [2.75, 3.05) is 24.5 Å². The van der Waals surface area contributed by atoms with Gasteiger partial charge in [-0.2, -0.15) is 0 Å². The van der Waals surface area contributed by atoms with Gasteiger partial charge in [-0.3, -0.25) is 14.5 Å². The number of hydrogen-bond donors (Lipinski definition) is 0. The lowest BCUT2D eigenvalue weighted by atomic mass is 9.97. The minimum Gasteiger partial charge on any atom is -0.370 e. The fraction of sp³-hybridized carbons (Fsp3) is 0.480. The second-order valence-corrected chi connectivity index (χ2v) is 11.0. The van der Waals surface area contributed by atoms with Crippen LogP contribution in [-0.2, 0) is 11.8 Å². The third-order valence-corrected chi connectivity index (χ3v) is 7.87. The van der Waals surface area contributed by atoms with Crippen molar-refractivity contribution in [1.82, 2.24) is 9.47 Å². The van der Waals surface area contributed by atoms with Gasteiger partial charge in [0.15, 0.2) is 0 Å². The minimum atomic E-state index is -0.0888. The van der Waals surface area contributed by atoms with Gasteiger partial charge >= 0.3 is 0 Å². The van der Waals surface area contributed by atoms with Crippen molar-refractivity contribution in [2.24, 2.45) is 18.9 Å². The van der Waals surface area contributed by atoms with Crippen molar-refractivity contribution in [3.05, 3.63) is 45.1 Å². The molecule has 0 bridgehead atoms. The maximum absolute atomic E-state index is 13.5. The third kappa shape index (κ3) is 4.37. The number of para-hydroxylation sites is 1. The van der Waals surface area contributed by atoms with Crippen molar-refractivity contribution >= 4 is 56.9 Å². The number of carbonyl (C=O) groups is 1. The quantitative estimate of drug-likeness (QED) is 0.454. The number of thiocarbonyl (C=S) groups is 1. The van der Waals surface area contributed by atoms with Crippen molar-refractivity contribution in [1.29, 1.82) is 0 Å². The monoisotopic (exact) mass is 469 g/mol. The van der Waals surface area contributed by atoms with Crippen LogP contribution in [0.5, 0.6) is 0 Å². The molecule has 0 saturated carbocycles. The molecule has 170 valence electrons. The smallest absolute Gasteiger partial charge is 0.266 e. The number of hydrogen-bond acceptors (Lipinski definition) is 5. The molecule has 0 N–H and O–H groups in total. The molecule has 0 atom stereocenters. The number of benzene rings is 1. The van der Waals surface area contributed by atoms with Gasteiger partial charge in [-0.05, 0) is 43.2 Å². The maximum atomic E-state index is 13.5. The van der Waals surface area contributed by atoms with Crippen LogP contribution in [-0.4, -0.2) is 39.3 Å². The first kappa shape index (κ1) is 23.1. The van der Waals surface area contributed by atoms with Crippen LogP contribution in [0.2, 0.25) is 0 Å². The number of aromatic nitrogens is 1. The topological polar surface area (TPSA) is 45.6 Å². The lowest BCUT2D eigenvalue weighted by Gasteiger charge is -2.34. The van der Waals surface area contributed by atoms with Gasteiger partial charge in [0.1, 0.15) is 4.32 Å². The molecule has 2 aliphatic heterocycles. The van der Waals surface area contributed by atoms with Gasteiger partial charge in [0, 0.05) is 32.1 Å². The highest BCUT2D eigenvalue weighted by molar-refractivity contribution is 8.26. The number of fused-ring (bicyclic) bond motifs is 1. The molecular formula is C25H31N3O2S2. The molecular weight excluding hydrogens is 438 g/mol. The molecule has 2 aliphatic rings. The summed E-state index contributed by atoms with van der Waals surface area (Å²) in [7, 11) is 1.80. The Bertz CT molecular complexity index is 1140. The second kappa shape index (κ2) is 9.40. The van der Waals surface area contributed by atoms with Crippen molar-refractivity contribution in [2.45, 2.75) is 40.0 Å². The SMILES string of the molecule is CC(C)CCN1C(=O)C(=Cc2c(N3CCC(C)CC3)c3ccccc3n(C)c2=O)SC1=S. The van der Waals surface area contributed by atoms with Crippen molar-refractivity contribution in [3.63, 3.8) is 0 Å². The Morgan fingerprint density at radius 1 is 1.19 bits per heavy atom. The van der Waals surface area contributed by atoms with Crippen LogP contribution < -0.4 is 10.5 Å². The van der Waals surface area contributed by atoms with Crippen molar-refractivity contribution in [3.8, 4) is 0 Å². The van der Waals surface area contributed by atoms with Crippen LogP contribution in [0.25, 0.3) is 17.0 Å². The Morgan fingerprint density at radius 3 is 2.56 bits per heavy atom.